The van der Waals surface area contributed by atoms with E-state index in [2.05, 4.69) is 5.32 Å². The molecule has 0 fully saturated rings. The molecule has 7 nitrogen and oxygen atoms in total. The van der Waals surface area contributed by atoms with Crippen LogP contribution >= 0.6 is 0 Å². The van der Waals surface area contributed by atoms with Gasteiger partial charge in [-0.1, -0.05) is 72.8 Å². The van der Waals surface area contributed by atoms with Crippen molar-refractivity contribution in [2.75, 3.05) is 13.7 Å². The van der Waals surface area contributed by atoms with Crippen molar-refractivity contribution in [3.8, 4) is 28.3 Å². The molecule has 0 aliphatic heterocycles. The number of carbonyl (C=O) groups is 2. The van der Waals surface area contributed by atoms with E-state index >= 15 is 0 Å². The van der Waals surface area contributed by atoms with Crippen LogP contribution < -0.4 is 10.1 Å². The first-order valence-electron chi connectivity index (χ1n) is 10.6. The third kappa shape index (κ3) is 5.21. The van der Waals surface area contributed by atoms with Crippen molar-refractivity contribution in [1.29, 1.82) is 0 Å². The Bertz CT molecular complexity index is 1270. The molecule has 0 spiro atoms. The summed E-state index contributed by atoms with van der Waals surface area (Å²) in [5.41, 5.74) is 3.16. The number of benzene rings is 3. The zero-order valence-electron chi connectivity index (χ0n) is 18.4. The quantitative estimate of drug-likeness (QED) is 0.372. The molecule has 0 saturated carbocycles. The van der Waals surface area contributed by atoms with Gasteiger partial charge in [-0.3, -0.25) is 4.79 Å². The second-order valence-corrected chi connectivity index (χ2v) is 7.32. The number of carbonyl (C=O) groups excluding carboxylic acids is 1. The highest BCUT2D eigenvalue weighted by molar-refractivity contribution is 6.23. The molecule has 0 atom stereocenters. The Hall–Kier alpha value is -4.65. The van der Waals surface area contributed by atoms with E-state index in [1.165, 1.54) is 7.05 Å². The van der Waals surface area contributed by atoms with Crippen molar-refractivity contribution in [3.63, 3.8) is 0 Å². The number of nitrogens with one attached hydrogen (secondary N) is 1. The number of aliphatic carboxylic acids is 1. The minimum Gasteiger partial charge on any atom is -0.482 e. The Kier molecular flexibility index (Phi) is 6.84. The van der Waals surface area contributed by atoms with Gasteiger partial charge in [0.2, 0.25) is 5.89 Å². The van der Waals surface area contributed by atoms with Gasteiger partial charge in [-0.05, 0) is 23.8 Å². The van der Waals surface area contributed by atoms with Crippen molar-refractivity contribution in [3.05, 3.63) is 96.4 Å². The molecule has 0 saturated heterocycles. The third-order valence-electron chi connectivity index (χ3n) is 4.94. The second-order valence-electron chi connectivity index (χ2n) is 7.32. The maximum Gasteiger partial charge on any atom is 0.341 e. The van der Waals surface area contributed by atoms with Crippen LogP contribution in [0.25, 0.3) is 34.2 Å². The summed E-state index contributed by atoms with van der Waals surface area (Å²) in [7, 11) is 1.53. The first-order valence-corrected chi connectivity index (χ1v) is 10.6. The molecular weight excluding hydrogens is 432 g/mol. The Balaban J connectivity index is 1.81. The van der Waals surface area contributed by atoms with Crippen LogP contribution in [-0.2, 0) is 9.59 Å². The molecule has 3 aromatic carbocycles. The summed E-state index contributed by atoms with van der Waals surface area (Å²) in [5, 5.41) is 11.5. The number of amides is 1. The highest BCUT2D eigenvalue weighted by atomic mass is 16.5. The number of rotatable bonds is 8. The monoisotopic (exact) mass is 454 g/mol. The van der Waals surface area contributed by atoms with Crippen LogP contribution in [0.4, 0.5) is 0 Å². The molecule has 1 amide bonds. The van der Waals surface area contributed by atoms with Crippen LogP contribution in [0.3, 0.4) is 0 Å². The van der Waals surface area contributed by atoms with Crippen molar-refractivity contribution < 1.29 is 23.8 Å². The van der Waals surface area contributed by atoms with Crippen molar-refractivity contribution in [2.45, 2.75) is 0 Å². The van der Waals surface area contributed by atoms with Gasteiger partial charge < -0.3 is 19.6 Å². The zero-order valence-corrected chi connectivity index (χ0v) is 18.4. The van der Waals surface area contributed by atoms with Gasteiger partial charge in [-0.2, -0.15) is 0 Å². The van der Waals surface area contributed by atoms with E-state index in [0.717, 1.165) is 11.1 Å². The van der Waals surface area contributed by atoms with E-state index in [1.54, 1.807) is 30.3 Å². The number of carboxylic acids is 1. The summed E-state index contributed by atoms with van der Waals surface area (Å²) in [6.07, 6.45) is 1.63. The number of likely N-dealkylation sites (N-methyl/N-ethyl adjacent to an activating group) is 1. The van der Waals surface area contributed by atoms with Gasteiger partial charge in [0.25, 0.3) is 5.91 Å². The fraction of sp³-hybridized carbons (Fsp3) is 0.0741. The maximum absolute atomic E-state index is 12.8. The normalized spacial score (nSPS) is 11.1. The van der Waals surface area contributed by atoms with Gasteiger partial charge >= 0.3 is 5.97 Å². The number of nitrogens with zero attached hydrogens (tertiary/aromatic N) is 1. The minimum atomic E-state index is -1.08. The van der Waals surface area contributed by atoms with Crippen LogP contribution in [0, 0.1) is 0 Å². The molecule has 2 N–H and O–H groups in total. The van der Waals surface area contributed by atoms with E-state index in [-0.39, 0.29) is 17.4 Å². The number of hydrogen-bond acceptors (Lipinski definition) is 5. The first-order chi connectivity index (χ1) is 16.5. The summed E-state index contributed by atoms with van der Waals surface area (Å²) in [4.78, 5) is 28.3. The van der Waals surface area contributed by atoms with Gasteiger partial charge in [0.05, 0.1) is 0 Å². The number of carboxylic acid groups (broad SMARTS) is 1. The summed E-state index contributed by atoms with van der Waals surface area (Å²) >= 11 is 0. The van der Waals surface area contributed by atoms with Crippen molar-refractivity contribution >= 4 is 23.5 Å². The molecule has 170 valence electrons. The molecule has 0 radical (unpaired) electrons. The number of ether oxygens (including phenoxy) is 1. The number of aromatic nitrogens is 1. The lowest BCUT2D eigenvalue weighted by Crippen LogP contribution is -2.19. The van der Waals surface area contributed by atoms with Crippen molar-refractivity contribution in [2.24, 2.45) is 0 Å². The van der Waals surface area contributed by atoms with E-state index in [0.29, 0.717) is 22.8 Å². The zero-order chi connectivity index (χ0) is 23.9. The Morgan fingerprint density at radius 1 is 0.971 bits per heavy atom. The lowest BCUT2D eigenvalue weighted by atomic mass is 10.1. The second kappa shape index (κ2) is 10.3. The summed E-state index contributed by atoms with van der Waals surface area (Å²) in [6, 6.07) is 26.0. The van der Waals surface area contributed by atoms with Crippen LogP contribution in [0.2, 0.25) is 0 Å². The lowest BCUT2D eigenvalue weighted by molar-refractivity contribution is -0.139. The molecular formula is C27H22N2O5. The first kappa shape index (κ1) is 22.5. The van der Waals surface area contributed by atoms with Gasteiger partial charge in [-0.25, -0.2) is 9.78 Å². The molecule has 0 aliphatic rings. The number of oxazole rings is 1. The van der Waals surface area contributed by atoms with Gasteiger partial charge in [-0.15, -0.1) is 0 Å². The molecule has 1 heterocycles. The fourth-order valence-electron chi connectivity index (χ4n) is 3.38. The van der Waals surface area contributed by atoms with E-state index in [9.17, 15) is 9.59 Å². The Morgan fingerprint density at radius 2 is 1.65 bits per heavy atom. The molecule has 4 aromatic rings. The van der Waals surface area contributed by atoms with Crippen LogP contribution in [-0.4, -0.2) is 35.6 Å². The number of hydrogen-bond donors (Lipinski definition) is 2. The average molecular weight is 454 g/mol. The van der Waals surface area contributed by atoms with E-state index < -0.39 is 12.6 Å². The highest BCUT2D eigenvalue weighted by Crippen LogP contribution is 2.35. The smallest absolute Gasteiger partial charge is 0.341 e. The third-order valence-corrected chi connectivity index (χ3v) is 4.94. The van der Waals surface area contributed by atoms with Crippen molar-refractivity contribution in [1.82, 2.24) is 10.3 Å². The molecule has 0 bridgehead atoms. The van der Waals surface area contributed by atoms with Gasteiger partial charge in [0.15, 0.2) is 12.4 Å². The predicted molar refractivity (Wildman–Crippen MR) is 129 cm³/mol. The lowest BCUT2D eigenvalue weighted by Gasteiger charge is -2.06. The maximum atomic E-state index is 12.8. The average Bonchev–Trinajstić information content (AvgIpc) is 3.32. The molecule has 4 rings (SSSR count). The van der Waals surface area contributed by atoms with Gasteiger partial charge in [0.1, 0.15) is 17.0 Å². The molecule has 0 unspecified atom stereocenters. The summed E-state index contributed by atoms with van der Waals surface area (Å²) in [5.74, 6) is -0.371. The topological polar surface area (TPSA) is 102 Å². The summed E-state index contributed by atoms with van der Waals surface area (Å²) < 4.78 is 11.4. The van der Waals surface area contributed by atoms with Gasteiger partial charge in [0, 0.05) is 18.2 Å². The SMILES string of the molecule is CNC(=O)C(=Cc1cccc(OCC(=O)O)c1)c1nc(-c2ccccc2)c(-c2ccccc2)o1. The molecule has 34 heavy (non-hydrogen) atoms. The molecule has 1 aromatic heterocycles. The standard InChI is InChI=1S/C27H22N2O5/c1-28-26(32)22(16-18-9-8-14-21(15-18)33-17-23(30)31)27-29-24(19-10-4-2-5-11-19)25(34-27)20-12-6-3-7-13-20/h2-16H,17H2,1H3,(H,28,32)(H,30,31). The van der Waals surface area contributed by atoms with E-state index in [4.69, 9.17) is 19.2 Å². The Labute approximate surface area is 196 Å². The molecule has 0 aliphatic carbocycles. The van der Waals surface area contributed by atoms with Crippen LogP contribution in [0.15, 0.2) is 89.3 Å². The Morgan fingerprint density at radius 3 is 2.29 bits per heavy atom. The predicted octanol–water partition coefficient (Wildman–Crippen LogP) is 4.76. The summed E-state index contributed by atoms with van der Waals surface area (Å²) in [6.45, 7) is -0.462. The minimum absolute atomic E-state index is 0.161. The molecule has 7 heteroatoms. The fourth-order valence-corrected chi connectivity index (χ4v) is 3.38. The largest absolute Gasteiger partial charge is 0.482 e. The van der Waals surface area contributed by atoms with E-state index in [1.807, 2.05) is 60.7 Å². The highest BCUT2D eigenvalue weighted by Gasteiger charge is 2.22. The van der Waals surface area contributed by atoms with Crippen LogP contribution in [0.5, 0.6) is 5.75 Å². The van der Waals surface area contributed by atoms with Crippen LogP contribution in [0.1, 0.15) is 11.5 Å².